The number of rotatable bonds is 6. The third kappa shape index (κ3) is 4.41. The standard InChI is InChI=1S/C15H21N3O5/c1-8-13(10(3)19)9(2)17-14(8)15(22)23-7-12(21)18(5)6-11(20)16-4/h17H,6-7H2,1-5H3,(H,16,20). The second kappa shape index (κ2) is 7.57. The molecule has 0 fully saturated rings. The molecule has 8 nitrogen and oxygen atoms in total. The quantitative estimate of drug-likeness (QED) is 0.574. The number of aromatic nitrogens is 1. The number of ketones is 1. The van der Waals surface area contributed by atoms with Gasteiger partial charge in [0.2, 0.25) is 5.91 Å². The van der Waals surface area contributed by atoms with E-state index in [-0.39, 0.29) is 23.9 Å². The molecule has 0 aliphatic carbocycles. The van der Waals surface area contributed by atoms with Crippen LogP contribution in [0.3, 0.4) is 0 Å². The van der Waals surface area contributed by atoms with Gasteiger partial charge in [-0.25, -0.2) is 4.79 Å². The van der Waals surface area contributed by atoms with Gasteiger partial charge in [0.05, 0.1) is 6.54 Å². The van der Waals surface area contributed by atoms with Gasteiger partial charge in [0, 0.05) is 25.4 Å². The fourth-order valence-corrected chi connectivity index (χ4v) is 2.17. The molecular weight excluding hydrogens is 302 g/mol. The van der Waals surface area contributed by atoms with Crippen molar-refractivity contribution in [1.82, 2.24) is 15.2 Å². The van der Waals surface area contributed by atoms with Crippen LogP contribution in [0.1, 0.15) is 39.0 Å². The summed E-state index contributed by atoms with van der Waals surface area (Å²) in [6, 6.07) is 0. The van der Waals surface area contributed by atoms with Crippen LogP contribution in [0.15, 0.2) is 0 Å². The number of H-pyrrole nitrogens is 1. The summed E-state index contributed by atoms with van der Waals surface area (Å²) >= 11 is 0. The molecule has 126 valence electrons. The van der Waals surface area contributed by atoms with E-state index in [0.717, 1.165) is 4.90 Å². The predicted molar refractivity (Wildman–Crippen MR) is 82.3 cm³/mol. The lowest BCUT2D eigenvalue weighted by Crippen LogP contribution is -2.39. The van der Waals surface area contributed by atoms with Gasteiger partial charge in [-0.1, -0.05) is 0 Å². The van der Waals surface area contributed by atoms with E-state index in [1.54, 1.807) is 13.8 Å². The number of likely N-dealkylation sites (N-methyl/N-ethyl adjacent to an activating group) is 2. The zero-order valence-corrected chi connectivity index (χ0v) is 13.9. The van der Waals surface area contributed by atoms with Crippen LogP contribution in [0.2, 0.25) is 0 Å². The summed E-state index contributed by atoms with van der Waals surface area (Å²) in [6.07, 6.45) is 0. The zero-order chi connectivity index (χ0) is 17.7. The van der Waals surface area contributed by atoms with Crippen molar-refractivity contribution in [3.05, 3.63) is 22.5 Å². The van der Waals surface area contributed by atoms with E-state index in [1.165, 1.54) is 21.0 Å². The highest BCUT2D eigenvalue weighted by molar-refractivity contribution is 6.01. The Morgan fingerprint density at radius 1 is 1.22 bits per heavy atom. The number of aryl methyl sites for hydroxylation is 1. The topological polar surface area (TPSA) is 109 Å². The second-order valence-electron chi connectivity index (χ2n) is 5.18. The monoisotopic (exact) mass is 323 g/mol. The van der Waals surface area contributed by atoms with Crippen LogP contribution in [0, 0.1) is 13.8 Å². The van der Waals surface area contributed by atoms with Gasteiger partial charge in [-0.2, -0.15) is 0 Å². The number of carbonyl (C=O) groups excluding carboxylic acids is 4. The summed E-state index contributed by atoms with van der Waals surface area (Å²) in [5.74, 6) is -1.71. The maximum atomic E-state index is 12.0. The molecule has 0 bridgehead atoms. The molecule has 0 atom stereocenters. The lowest BCUT2D eigenvalue weighted by atomic mass is 10.1. The Labute approximate surface area is 134 Å². The Hall–Kier alpha value is -2.64. The van der Waals surface area contributed by atoms with Gasteiger partial charge < -0.3 is 19.9 Å². The maximum absolute atomic E-state index is 12.0. The molecule has 1 rings (SSSR count). The molecule has 8 heteroatoms. The van der Waals surface area contributed by atoms with E-state index in [4.69, 9.17) is 4.74 Å². The minimum Gasteiger partial charge on any atom is -0.451 e. The van der Waals surface area contributed by atoms with E-state index in [9.17, 15) is 19.2 Å². The first kappa shape index (κ1) is 18.4. The van der Waals surface area contributed by atoms with Gasteiger partial charge in [0.1, 0.15) is 5.69 Å². The molecule has 0 aliphatic heterocycles. The number of Topliss-reactive ketones (excluding diaryl/α,β-unsaturated/α-hetero) is 1. The second-order valence-corrected chi connectivity index (χ2v) is 5.18. The van der Waals surface area contributed by atoms with Crippen molar-refractivity contribution in [2.24, 2.45) is 0 Å². The van der Waals surface area contributed by atoms with Crippen molar-refractivity contribution in [3.63, 3.8) is 0 Å². The highest BCUT2D eigenvalue weighted by Crippen LogP contribution is 2.19. The van der Waals surface area contributed by atoms with E-state index in [1.807, 2.05) is 0 Å². The summed E-state index contributed by atoms with van der Waals surface area (Å²) in [5.41, 5.74) is 1.66. The van der Waals surface area contributed by atoms with Gasteiger partial charge >= 0.3 is 5.97 Å². The molecule has 1 heterocycles. The van der Waals surface area contributed by atoms with Crippen molar-refractivity contribution in [2.45, 2.75) is 20.8 Å². The smallest absolute Gasteiger partial charge is 0.355 e. The van der Waals surface area contributed by atoms with Crippen LogP contribution < -0.4 is 5.32 Å². The average molecular weight is 323 g/mol. The van der Waals surface area contributed by atoms with Crippen molar-refractivity contribution in [2.75, 3.05) is 27.2 Å². The largest absolute Gasteiger partial charge is 0.451 e. The fraction of sp³-hybridized carbons (Fsp3) is 0.467. The van der Waals surface area contributed by atoms with E-state index >= 15 is 0 Å². The summed E-state index contributed by atoms with van der Waals surface area (Å²) < 4.78 is 4.95. The molecule has 0 saturated carbocycles. The number of nitrogens with one attached hydrogen (secondary N) is 2. The Bertz CT molecular complexity index is 648. The zero-order valence-electron chi connectivity index (χ0n) is 13.9. The number of esters is 1. The lowest BCUT2D eigenvalue weighted by molar-refractivity contribution is -0.137. The number of hydrogen-bond donors (Lipinski definition) is 2. The first-order valence-corrected chi connectivity index (χ1v) is 7.00. The van der Waals surface area contributed by atoms with Gasteiger partial charge in [-0.05, 0) is 26.3 Å². The molecule has 2 amide bonds. The van der Waals surface area contributed by atoms with Crippen LogP contribution in [0.5, 0.6) is 0 Å². The molecule has 23 heavy (non-hydrogen) atoms. The van der Waals surface area contributed by atoms with Crippen LogP contribution in [-0.2, 0) is 14.3 Å². The minimum atomic E-state index is -0.722. The molecule has 0 aromatic carbocycles. The summed E-state index contributed by atoms with van der Waals surface area (Å²) in [6.45, 7) is 4.12. The van der Waals surface area contributed by atoms with Gasteiger partial charge in [0.15, 0.2) is 12.4 Å². The van der Waals surface area contributed by atoms with Gasteiger partial charge in [-0.3, -0.25) is 14.4 Å². The van der Waals surface area contributed by atoms with Crippen molar-refractivity contribution in [3.8, 4) is 0 Å². The molecule has 2 N–H and O–H groups in total. The van der Waals surface area contributed by atoms with E-state index < -0.39 is 18.5 Å². The number of nitrogens with zero attached hydrogens (tertiary/aromatic N) is 1. The number of ether oxygens (including phenoxy) is 1. The predicted octanol–water partition coefficient (Wildman–Crippen LogP) is 0.195. The Balaban J connectivity index is 2.71. The molecule has 0 radical (unpaired) electrons. The molecule has 0 saturated heterocycles. The molecule has 0 unspecified atom stereocenters. The average Bonchev–Trinajstić information content (AvgIpc) is 2.78. The first-order valence-electron chi connectivity index (χ1n) is 7.00. The Kier molecular flexibility index (Phi) is 6.06. The van der Waals surface area contributed by atoms with Crippen LogP contribution in [0.25, 0.3) is 0 Å². The normalized spacial score (nSPS) is 10.1. The minimum absolute atomic E-state index is 0.123. The van der Waals surface area contributed by atoms with Crippen molar-refractivity contribution < 1.29 is 23.9 Å². The summed E-state index contributed by atoms with van der Waals surface area (Å²) in [5, 5.41) is 2.39. The Morgan fingerprint density at radius 3 is 2.30 bits per heavy atom. The van der Waals surface area contributed by atoms with Gasteiger partial charge in [-0.15, -0.1) is 0 Å². The third-order valence-electron chi connectivity index (χ3n) is 3.41. The van der Waals surface area contributed by atoms with Crippen LogP contribution >= 0.6 is 0 Å². The number of aromatic amines is 1. The van der Waals surface area contributed by atoms with E-state index in [0.29, 0.717) is 16.8 Å². The van der Waals surface area contributed by atoms with Crippen molar-refractivity contribution in [1.29, 1.82) is 0 Å². The van der Waals surface area contributed by atoms with Crippen molar-refractivity contribution >= 4 is 23.6 Å². The molecule has 1 aromatic rings. The number of hydrogen-bond acceptors (Lipinski definition) is 5. The van der Waals surface area contributed by atoms with Gasteiger partial charge in [0.25, 0.3) is 5.91 Å². The fourth-order valence-electron chi connectivity index (χ4n) is 2.17. The molecular formula is C15H21N3O5. The molecule has 0 aliphatic rings. The summed E-state index contributed by atoms with van der Waals surface area (Å²) in [4.78, 5) is 50.5. The summed E-state index contributed by atoms with van der Waals surface area (Å²) in [7, 11) is 2.90. The Morgan fingerprint density at radius 2 is 1.83 bits per heavy atom. The number of carbonyl (C=O) groups is 4. The third-order valence-corrected chi connectivity index (χ3v) is 3.41. The molecule has 0 spiro atoms. The maximum Gasteiger partial charge on any atom is 0.355 e. The number of amides is 2. The lowest BCUT2D eigenvalue weighted by Gasteiger charge is -2.15. The first-order chi connectivity index (χ1) is 10.7. The van der Waals surface area contributed by atoms with Crippen LogP contribution in [-0.4, -0.2) is 60.7 Å². The molecule has 1 aromatic heterocycles. The SMILES string of the molecule is CNC(=O)CN(C)C(=O)COC(=O)c1[nH]c(C)c(C(C)=O)c1C. The van der Waals surface area contributed by atoms with Crippen LogP contribution in [0.4, 0.5) is 0 Å². The van der Waals surface area contributed by atoms with E-state index in [2.05, 4.69) is 10.3 Å². The highest BCUT2D eigenvalue weighted by atomic mass is 16.5. The highest BCUT2D eigenvalue weighted by Gasteiger charge is 2.22.